The van der Waals surface area contributed by atoms with Gasteiger partial charge in [0.25, 0.3) is 5.91 Å². The minimum absolute atomic E-state index is 0.139. The standard InChI is InChI=1S/C13H18F7NO3S/c1-7(2)6-24-9(22)8(4-5-25-3)21-10(23)11(14,15)12(16,17)13(18,19)20/h7-8H,4-6H2,1-3H3,(H,21,23). The Bertz CT molecular complexity index is 469. The van der Waals surface area contributed by atoms with Gasteiger partial charge in [-0.25, -0.2) is 4.79 Å². The van der Waals surface area contributed by atoms with Gasteiger partial charge in [-0.15, -0.1) is 0 Å². The summed E-state index contributed by atoms with van der Waals surface area (Å²) in [6.07, 6.45) is -5.34. The van der Waals surface area contributed by atoms with Gasteiger partial charge in [0.05, 0.1) is 6.61 Å². The molecule has 0 spiro atoms. The summed E-state index contributed by atoms with van der Waals surface area (Å²) < 4.78 is 93.3. The van der Waals surface area contributed by atoms with Crippen LogP contribution >= 0.6 is 11.8 Å². The Hall–Kier alpha value is -1.20. The van der Waals surface area contributed by atoms with Crippen molar-refractivity contribution in [2.24, 2.45) is 5.92 Å². The van der Waals surface area contributed by atoms with Crippen LogP contribution in [0.3, 0.4) is 0 Å². The summed E-state index contributed by atoms with van der Waals surface area (Å²) in [7, 11) is 0. The van der Waals surface area contributed by atoms with E-state index in [4.69, 9.17) is 4.74 Å². The van der Waals surface area contributed by atoms with Crippen LogP contribution in [-0.4, -0.2) is 54.6 Å². The van der Waals surface area contributed by atoms with Gasteiger partial charge in [0.1, 0.15) is 6.04 Å². The monoisotopic (exact) mass is 401 g/mol. The van der Waals surface area contributed by atoms with E-state index in [0.29, 0.717) is 0 Å². The van der Waals surface area contributed by atoms with E-state index in [2.05, 4.69) is 0 Å². The van der Waals surface area contributed by atoms with Crippen molar-refractivity contribution in [1.82, 2.24) is 5.32 Å². The molecule has 0 aliphatic heterocycles. The molecule has 0 saturated heterocycles. The van der Waals surface area contributed by atoms with E-state index in [1.54, 1.807) is 20.1 Å². The van der Waals surface area contributed by atoms with Crippen molar-refractivity contribution < 1.29 is 45.1 Å². The maximum Gasteiger partial charge on any atom is 0.460 e. The second-order valence-electron chi connectivity index (χ2n) is 5.48. The number of carbonyl (C=O) groups is 2. The minimum Gasteiger partial charge on any atom is -0.464 e. The van der Waals surface area contributed by atoms with Crippen LogP contribution in [0.2, 0.25) is 0 Å². The van der Waals surface area contributed by atoms with Gasteiger partial charge in [-0.05, 0) is 24.3 Å². The van der Waals surface area contributed by atoms with Gasteiger partial charge in [-0.1, -0.05) is 13.8 Å². The number of halogens is 7. The molecule has 0 aromatic carbocycles. The van der Waals surface area contributed by atoms with Crippen molar-refractivity contribution in [2.75, 3.05) is 18.6 Å². The molecule has 1 unspecified atom stereocenters. The lowest BCUT2D eigenvalue weighted by Gasteiger charge is -2.28. The van der Waals surface area contributed by atoms with Gasteiger partial charge in [0.2, 0.25) is 0 Å². The fourth-order valence-corrected chi connectivity index (χ4v) is 1.87. The average Bonchev–Trinajstić information content (AvgIpc) is 2.47. The van der Waals surface area contributed by atoms with Gasteiger partial charge in [0.15, 0.2) is 0 Å². The molecule has 0 fully saturated rings. The van der Waals surface area contributed by atoms with Crippen LogP contribution < -0.4 is 5.32 Å². The maximum atomic E-state index is 13.3. The summed E-state index contributed by atoms with van der Waals surface area (Å²) in [4.78, 5) is 23.1. The Balaban J connectivity index is 5.27. The smallest absolute Gasteiger partial charge is 0.460 e. The quantitative estimate of drug-likeness (QED) is 0.476. The summed E-state index contributed by atoms with van der Waals surface area (Å²) in [5, 5.41) is 1.24. The van der Waals surface area contributed by atoms with E-state index in [1.165, 1.54) is 5.32 Å². The Morgan fingerprint density at radius 2 is 1.60 bits per heavy atom. The highest BCUT2D eigenvalue weighted by atomic mass is 32.2. The fourth-order valence-electron chi connectivity index (χ4n) is 1.40. The third-order valence-electron chi connectivity index (χ3n) is 2.79. The Labute approximate surface area is 143 Å². The number of nitrogens with one attached hydrogen (secondary N) is 1. The molecule has 0 aliphatic carbocycles. The molecular formula is C13H18F7NO3S. The third kappa shape index (κ3) is 6.23. The van der Waals surface area contributed by atoms with Gasteiger partial charge < -0.3 is 10.1 Å². The van der Waals surface area contributed by atoms with Crippen molar-refractivity contribution in [3.05, 3.63) is 0 Å². The Morgan fingerprint density at radius 3 is 2.00 bits per heavy atom. The molecule has 1 atom stereocenters. The topological polar surface area (TPSA) is 55.4 Å². The normalized spacial score (nSPS) is 14.4. The summed E-state index contributed by atoms with van der Waals surface area (Å²) in [6, 6.07) is -1.77. The fraction of sp³-hybridized carbons (Fsp3) is 0.846. The van der Waals surface area contributed by atoms with E-state index in [1.807, 2.05) is 0 Å². The number of thioether (sulfide) groups is 1. The lowest BCUT2D eigenvalue weighted by molar-refractivity contribution is -0.344. The zero-order valence-corrected chi connectivity index (χ0v) is 14.4. The van der Waals surface area contributed by atoms with Gasteiger partial charge in [-0.2, -0.15) is 42.5 Å². The number of carbonyl (C=O) groups excluding carboxylic acids is 2. The molecule has 0 heterocycles. The highest BCUT2D eigenvalue weighted by Crippen LogP contribution is 2.46. The van der Waals surface area contributed by atoms with Gasteiger partial charge in [0, 0.05) is 0 Å². The SMILES string of the molecule is CSCCC(NC(=O)C(F)(F)C(F)(F)C(F)(F)F)C(=O)OCC(C)C. The first kappa shape index (κ1) is 23.8. The zero-order chi connectivity index (χ0) is 20.1. The van der Waals surface area contributed by atoms with Crippen molar-refractivity contribution in [2.45, 2.75) is 44.3 Å². The largest absolute Gasteiger partial charge is 0.464 e. The molecular weight excluding hydrogens is 383 g/mol. The molecule has 0 aromatic rings. The molecule has 0 rings (SSSR count). The van der Waals surface area contributed by atoms with E-state index in [0.717, 1.165) is 11.8 Å². The highest BCUT2D eigenvalue weighted by Gasteiger charge is 2.76. The molecule has 0 saturated carbocycles. The lowest BCUT2D eigenvalue weighted by Crippen LogP contribution is -2.61. The predicted molar refractivity (Wildman–Crippen MR) is 76.7 cm³/mol. The van der Waals surface area contributed by atoms with Crippen LogP contribution in [0.4, 0.5) is 30.7 Å². The van der Waals surface area contributed by atoms with Crippen LogP contribution in [0.15, 0.2) is 0 Å². The maximum absolute atomic E-state index is 13.3. The molecule has 0 aliphatic rings. The molecule has 148 valence electrons. The average molecular weight is 401 g/mol. The third-order valence-corrected chi connectivity index (χ3v) is 3.44. The first-order valence-electron chi connectivity index (χ1n) is 6.97. The number of hydrogen-bond acceptors (Lipinski definition) is 4. The first-order chi connectivity index (χ1) is 11.2. The second-order valence-corrected chi connectivity index (χ2v) is 6.46. The van der Waals surface area contributed by atoms with Crippen molar-refractivity contribution in [1.29, 1.82) is 0 Å². The summed E-state index contributed by atoms with van der Waals surface area (Å²) in [5.41, 5.74) is 0. The second kappa shape index (κ2) is 8.95. The zero-order valence-electron chi connectivity index (χ0n) is 13.6. The van der Waals surface area contributed by atoms with Crippen LogP contribution in [0.1, 0.15) is 20.3 Å². The van der Waals surface area contributed by atoms with Crippen LogP contribution in [0.5, 0.6) is 0 Å². The van der Waals surface area contributed by atoms with Crippen LogP contribution in [-0.2, 0) is 14.3 Å². The first-order valence-corrected chi connectivity index (χ1v) is 8.36. The van der Waals surface area contributed by atoms with E-state index in [-0.39, 0.29) is 24.7 Å². The number of alkyl halides is 7. The van der Waals surface area contributed by atoms with Crippen molar-refractivity contribution in [3.8, 4) is 0 Å². The Morgan fingerprint density at radius 1 is 1.08 bits per heavy atom. The number of rotatable bonds is 9. The van der Waals surface area contributed by atoms with Crippen LogP contribution in [0.25, 0.3) is 0 Å². The molecule has 0 radical (unpaired) electrons. The summed E-state index contributed by atoms with van der Waals surface area (Å²) >= 11 is 1.14. The van der Waals surface area contributed by atoms with Gasteiger partial charge in [-0.3, -0.25) is 4.79 Å². The number of ether oxygens (including phenoxy) is 1. The van der Waals surface area contributed by atoms with E-state index in [9.17, 15) is 40.3 Å². The lowest BCUT2D eigenvalue weighted by atomic mass is 10.1. The molecule has 12 heteroatoms. The predicted octanol–water partition coefficient (Wildman–Crippen LogP) is 3.26. The minimum atomic E-state index is -6.64. The molecule has 25 heavy (non-hydrogen) atoms. The van der Waals surface area contributed by atoms with Crippen LogP contribution in [0, 0.1) is 5.92 Å². The number of esters is 1. The Kier molecular flexibility index (Phi) is 8.52. The molecule has 0 aromatic heterocycles. The highest BCUT2D eigenvalue weighted by molar-refractivity contribution is 7.98. The molecule has 1 N–H and O–H groups in total. The van der Waals surface area contributed by atoms with Gasteiger partial charge >= 0.3 is 24.0 Å². The van der Waals surface area contributed by atoms with Crippen molar-refractivity contribution >= 4 is 23.6 Å². The van der Waals surface area contributed by atoms with Crippen molar-refractivity contribution in [3.63, 3.8) is 0 Å². The molecule has 4 nitrogen and oxygen atoms in total. The number of amides is 1. The number of hydrogen-bond donors (Lipinski definition) is 1. The molecule has 1 amide bonds. The summed E-state index contributed by atoms with van der Waals surface area (Å²) in [5.74, 6) is -16.8. The molecule has 0 bridgehead atoms. The van der Waals surface area contributed by atoms with E-state index < -0.39 is 35.9 Å². The van der Waals surface area contributed by atoms with E-state index >= 15 is 0 Å². The summed E-state index contributed by atoms with van der Waals surface area (Å²) in [6.45, 7) is 3.17.